The highest BCUT2D eigenvalue weighted by Crippen LogP contribution is 2.18. The molecule has 0 atom stereocenters. The SMILES string of the molecule is BN(B)CCCCCC(=O)N(B)CCCCCC(=O)C(C)(C)C. The van der Waals surface area contributed by atoms with Crippen LogP contribution >= 0.6 is 0 Å². The van der Waals surface area contributed by atoms with Crippen LogP contribution in [0.2, 0.25) is 0 Å². The Hall–Kier alpha value is -0.705. The normalized spacial score (nSPS) is 11.7. The summed E-state index contributed by atoms with van der Waals surface area (Å²) in [7, 11) is 6.05. The predicted octanol–water partition coefficient (Wildman–Crippen LogP) is 0.497. The van der Waals surface area contributed by atoms with Gasteiger partial charge < -0.3 is 9.53 Å². The van der Waals surface area contributed by atoms with E-state index >= 15 is 0 Å². The van der Waals surface area contributed by atoms with E-state index < -0.39 is 0 Å². The smallest absolute Gasteiger partial charge is 0.221 e. The Labute approximate surface area is 146 Å². The van der Waals surface area contributed by atoms with Crippen molar-refractivity contribution in [2.75, 3.05) is 13.1 Å². The highest BCUT2D eigenvalue weighted by molar-refractivity contribution is 6.24. The third-order valence-corrected chi connectivity index (χ3v) is 4.16. The molecule has 0 aliphatic rings. The van der Waals surface area contributed by atoms with E-state index in [9.17, 15) is 9.59 Å². The minimum absolute atomic E-state index is 0.223. The van der Waals surface area contributed by atoms with Crippen LogP contribution in [0.5, 0.6) is 0 Å². The number of unbranched alkanes of at least 4 members (excludes halogenated alkanes) is 4. The van der Waals surface area contributed by atoms with E-state index in [2.05, 4.69) is 20.7 Å². The van der Waals surface area contributed by atoms with E-state index in [0.29, 0.717) is 18.6 Å². The molecular formula is C16H35B3N2O2. The molecule has 0 heterocycles. The zero-order chi connectivity index (χ0) is 17.9. The van der Waals surface area contributed by atoms with Gasteiger partial charge in [-0.2, -0.15) is 0 Å². The van der Waals surface area contributed by atoms with E-state index in [1.54, 1.807) is 0 Å². The summed E-state index contributed by atoms with van der Waals surface area (Å²) in [4.78, 5) is 25.7. The summed E-state index contributed by atoms with van der Waals surface area (Å²) in [5, 5.41) is 0. The molecule has 0 fully saturated rings. The van der Waals surface area contributed by atoms with Crippen molar-refractivity contribution in [3.8, 4) is 0 Å². The maximum absolute atomic E-state index is 12.0. The quantitative estimate of drug-likeness (QED) is 0.388. The largest absolute Gasteiger partial charge is 0.396 e. The minimum Gasteiger partial charge on any atom is -0.396 e. The van der Waals surface area contributed by atoms with Crippen LogP contribution < -0.4 is 0 Å². The van der Waals surface area contributed by atoms with Crippen molar-refractivity contribution < 1.29 is 9.59 Å². The van der Waals surface area contributed by atoms with Gasteiger partial charge in [0.1, 0.15) is 5.78 Å². The van der Waals surface area contributed by atoms with Gasteiger partial charge >= 0.3 is 0 Å². The summed E-state index contributed by atoms with van der Waals surface area (Å²) in [6.07, 6.45) is 7.51. The van der Waals surface area contributed by atoms with Crippen LogP contribution in [0, 0.1) is 5.41 Å². The lowest BCUT2D eigenvalue weighted by Gasteiger charge is -2.18. The molecular weight excluding hydrogens is 285 g/mol. The van der Waals surface area contributed by atoms with Crippen LogP contribution in [-0.4, -0.2) is 58.3 Å². The molecule has 0 rings (SSSR count). The Morgan fingerprint density at radius 3 is 1.83 bits per heavy atom. The van der Waals surface area contributed by atoms with Gasteiger partial charge in [0.2, 0.25) is 13.9 Å². The van der Waals surface area contributed by atoms with Crippen LogP contribution in [0.25, 0.3) is 0 Å². The summed E-state index contributed by atoms with van der Waals surface area (Å²) >= 11 is 0. The first kappa shape index (κ1) is 22.3. The van der Waals surface area contributed by atoms with E-state index in [0.717, 1.165) is 51.6 Å². The van der Waals surface area contributed by atoms with Crippen molar-refractivity contribution in [2.45, 2.75) is 72.1 Å². The molecule has 0 aromatic carbocycles. The van der Waals surface area contributed by atoms with Gasteiger partial charge in [-0.3, -0.25) is 9.59 Å². The standard InChI is InChI=1S/C16H35B3N2O2/c1-16(2,3)14(22)10-6-4-8-12-20(17)15(23)11-7-5-9-13-21(18)19/h4-13,17-19H2,1-3H3. The van der Waals surface area contributed by atoms with Gasteiger partial charge in [-0.05, 0) is 32.2 Å². The zero-order valence-electron chi connectivity index (χ0n) is 16.3. The van der Waals surface area contributed by atoms with Gasteiger partial charge in [-0.15, -0.1) is 0 Å². The number of hydrogen-bond donors (Lipinski definition) is 0. The molecule has 0 aliphatic carbocycles. The summed E-state index contributed by atoms with van der Waals surface area (Å²) in [6, 6.07) is 0. The number of nitrogens with zero attached hydrogens (tertiary/aromatic N) is 2. The maximum Gasteiger partial charge on any atom is 0.221 e. The molecule has 0 aromatic heterocycles. The van der Waals surface area contributed by atoms with Crippen molar-refractivity contribution in [3.63, 3.8) is 0 Å². The number of carbonyl (C=O) groups excluding carboxylic acids is 2. The molecule has 0 saturated carbocycles. The lowest BCUT2D eigenvalue weighted by atomic mass is 9.88. The van der Waals surface area contributed by atoms with Crippen LogP contribution in [0.15, 0.2) is 0 Å². The summed E-state index contributed by atoms with van der Waals surface area (Å²) in [5.74, 6) is 0.584. The van der Waals surface area contributed by atoms with Gasteiger partial charge in [0.25, 0.3) is 0 Å². The van der Waals surface area contributed by atoms with Gasteiger partial charge in [0, 0.05) is 24.8 Å². The molecule has 23 heavy (non-hydrogen) atoms. The van der Waals surface area contributed by atoms with Gasteiger partial charge in [-0.1, -0.05) is 33.6 Å². The van der Waals surface area contributed by atoms with Crippen molar-refractivity contribution in [1.82, 2.24) is 9.53 Å². The highest BCUT2D eigenvalue weighted by Gasteiger charge is 2.19. The highest BCUT2D eigenvalue weighted by atomic mass is 16.2. The lowest BCUT2D eigenvalue weighted by Crippen LogP contribution is -2.29. The van der Waals surface area contributed by atoms with Gasteiger partial charge in [-0.25, -0.2) is 0 Å². The number of Topliss-reactive ketones (excluding diaryl/α,β-unsaturated/α-hetero) is 1. The first-order valence-electron chi connectivity index (χ1n) is 9.06. The van der Waals surface area contributed by atoms with Crippen molar-refractivity contribution in [1.29, 1.82) is 0 Å². The Morgan fingerprint density at radius 1 is 0.783 bits per heavy atom. The molecule has 0 unspecified atom stereocenters. The molecule has 0 aromatic rings. The Kier molecular flexibility index (Phi) is 11.4. The van der Waals surface area contributed by atoms with Crippen LogP contribution in [0.3, 0.4) is 0 Å². The van der Waals surface area contributed by atoms with Crippen molar-refractivity contribution >= 4 is 35.6 Å². The first-order chi connectivity index (χ1) is 10.6. The number of ketones is 1. The minimum atomic E-state index is -0.223. The summed E-state index contributed by atoms with van der Waals surface area (Å²) in [5.41, 5.74) is -0.223. The second kappa shape index (κ2) is 11.8. The number of rotatable bonds is 12. The van der Waals surface area contributed by atoms with E-state index in [-0.39, 0.29) is 11.3 Å². The van der Waals surface area contributed by atoms with Crippen LogP contribution in [0.1, 0.15) is 72.1 Å². The van der Waals surface area contributed by atoms with Crippen molar-refractivity contribution in [2.24, 2.45) is 5.41 Å². The predicted molar refractivity (Wildman–Crippen MR) is 105 cm³/mol. The molecule has 4 nitrogen and oxygen atoms in total. The zero-order valence-corrected chi connectivity index (χ0v) is 16.3. The first-order valence-corrected chi connectivity index (χ1v) is 9.06. The number of amides is 1. The number of carbonyl (C=O) groups is 2. The van der Waals surface area contributed by atoms with Gasteiger partial charge in [0.05, 0.1) is 0 Å². The van der Waals surface area contributed by atoms with E-state index in [4.69, 9.17) is 0 Å². The fraction of sp³-hybridized carbons (Fsp3) is 0.875. The molecule has 0 bridgehead atoms. The average Bonchev–Trinajstić information content (AvgIpc) is 2.44. The van der Waals surface area contributed by atoms with Crippen LogP contribution in [0.4, 0.5) is 0 Å². The van der Waals surface area contributed by atoms with E-state index in [1.807, 2.05) is 33.6 Å². The molecule has 0 N–H and O–H groups in total. The summed E-state index contributed by atoms with van der Waals surface area (Å²) in [6.45, 7) is 7.82. The Balaban J connectivity index is 3.63. The third kappa shape index (κ3) is 12.4. The molecule has 0 radical (unpaired) electrons. The topological polar surface area (TPSA) is 40.6 Å². The Bertz CT molecular complexity index is 358. The lowest BCUT2D eigenvalue weighted by molar-refractivity contribution is -0.127. The fourth-order valence-corrected chi connectivity index (χ4v) is 2.38. The third-order valence-electron chi connectivity index (χ3n) is 4.16. The molecule has 0 saturated heterocycles. The summed E-state index contributed by atoms with van der Waals surface area (Å²) < 4.78 is 2.18. The Morgan fingerprint density at radius 2 is 1.30 bits per heavy atom. The molecule has 0 aliphatic heterocycles. The van der Waals surface area contributed by atoms with Crippen molar-refractivity contribution in [3.05, 3.63) is 0 Å². The van der Waals surface area contributed by atoms with E-state index in [1.165, 1.54) is 0 Å². The average molecular weight is 320 g/mol. The number of hydrogen-bond acceptors (Lipinski definition) is 3. The molecule has 130 valence electrons. The monoisotopic (exact) mass is 320 g/mol. The fourth-order valence-electron chi connectivity index (χ4n) is 2.38. The molecule has 7 heteroatoms. The maximum atomic E-state index is 12.0. The second-order valence-corrected chi connectivity index (χ2v) is 7.91. The second-order valence-electron chi connectivity index (χ2n) is 7.91. The van der Waals surface area contributed by atoms with Crippen LogP contribution in [-0.2, 0) is 9.59 Å². The molecule has 0 spiro atoms. The molecule has 1 amide bonds. The van der Waals surface area contributed by atoms with Gasteiger partial charge in [0.15, 0.2) is 16.0 Å².